The molecule has 0 saturated carbocycles. The van der Waals surface area contributed by atoms with Crippen LogP contribution in [0.25, 0.3) is 27.4 Å². The molecule has 32 heavy (non-hydrogen) atoms. The van der Waals surface area contributed by atoms with E-state index < -0.39 is 17.3 Å². The minimum Gasteiger partial charge on any atom is -0.477 e. The summed E-state index contributed by atoms with van der Waals surface area (Å²) in [5.74, 6) is -2.20. The molecule has 4 aromatic rings. The fourth-order valence-corrected chi connectivity index (χ4v) is 4.28. The van der Waals surface area contributed by atoms with Gasteiger partial charge in [0.1, 0.15) is 17.1 Å². The molecule has 0 amide bonds. The zero-order valence-electron chi connectivity index (χ0n) is 16.3. The van der Waals surface area contributed by atoms with E-state index in [0.717, 1.165) is 0 Å². The Morgan fingerprint density at radius 3 is 2.88 bits per heavy atom. The summed E-state index contributed by atoms with van der Waals surface area (Å²) in [6.45, 7) is -0.135. The van der Waals surface area contributed by atoms with E-state index in [-0.39, 0.29) is 57.1 Å². The summed E-state index contributed by atoms with van der Waals surface area (Å²) in [6.07, 6.45) is 7.59. The first-order valence-electron chi connectivity index (χ1n) is 9.59. The Hall–Kier alpha value is -3.91. The van der Waals surface area contributed by atoms with Crippen LogP contribution in [0.3, 0.4) is 0 Å². The average Bonchev–Trinajstić information content (AvgIpc) is 3.35. The van der Waals surface area contributed by atoms with Gasteiger partial charge >= 0.3 is 5.97 Å². The summed E-state index contributed by atoms with van der Waals surface area (Å²) in [7, 11) is 0. The number of nitrogens with zero attached hydrogens (tertiary/aromatic N) is 1. The second-order valence-electron chi connectivity index (χ2n) is 7.34. The number of carboxylic acids is 1. The van der Waals surface area contributed by atoms with E-state index in [4.69, 9.17) is 16.0 Å². The van der Waals surface area contributed by atoms with Crippen LogP contribution in [0.15, 0.2) is 58.1 Å². The minimum absolute atomic E-state index is 0.111. The number of halogens is 2. The molecule has 1 aliphatic carbocycles. The molecule has 1 aliphatic rings. The van der Waals surface area contributed by atoms with Crippen molar-refractivity contribution in [2.75, 3.05) is 0 Å². The normalized spacial score (nSPS) is 13.8. The molecule has 0 spiro atoms. The Morgan fingerprint density at radius 2 is 2.12 bits per heavy atom. The number of pyridine rings is 1. The van der Waals surface area contributed by atoms with Crippen LogP contribution < -0.4 is 5.56 Å². The van der Waals surface area contributed by atoms with Crippen LogP contribution in [0.2, 0.25) is 5.02 Å². The maximum atomic E-state index is 14.9. The van der Waals surface area contributed by atoms with Crippen LogP contribution in [-0.4, -0.2) is 26.4 Å². The first-order valence-corrected chi connectivity index (χ1v) is 9.97. The van der Waals surface area contributed by atoms with Crippen LogP contribution in [-0.2, 0) is 11.3 Å². The number of nitrogens with one attached hydrogen (secondary N) is 1. The van der Waals surface area contributed by atoms with Gasteiger partial charge in [-0.2, -0.15) is 0 Å². The van der Waals surface area contributed by atoms with Crippen molar-refractivity contribution in [3.05, 3.63) is 86.9 Å². The SMILES string of the molecule is O=C1CC=CC=C1c1c(C(=O)O)n(Cc2cc(=O)[nH]cc2Cl)c2cc(F)c3ccoc3c12. The van der Waals surface area contributed by atoms with E-state index in [1.807, 2.05) is 0 Å². The van der Waals surface area contributed by atoms with Gasteiger partial charge in [-0.25, -0.2) is 9.18 Å². The van der Waals surface area contributed by atoms with Crippen LogP contribution in [0, 0.1) is 5.82 Å². The molecular weight excluding hydrogens is 439 g/mol. The number of allylic oxidation sites excluding steroid dienone is 4. The molecule has 3 heterocycles. The van der Waals surface area contributed by atoms with E-state index in [1.54, 1.807) is 12.2 Å². The average molecular weight is 453 g/mol. The molecule has 9 heteroatoms. The fraction of sp³-hybridized carbons (Fsp3) is 0.0870. The monoisotopic (exact) mass is 452 g/mol. The van der Waals surface area contributed by atoms with Crippen molar-refractivity contribution in [3.63, 3.8) is 0 Å². The molecule has 160 valence electrons. The Labute approximate surface area is 184 Å². The number of ketones is 1. The lowest BCUT2D eigenvalue weighted by Gasteiger charge is -2.12. The first kappa shape index (κ1) is 20.0. The molecule has 0 radical (unpaired) electrons. The van der Waals surface area contributed by atoms with E-state index in [1.165, 1.54) is 41.3 Å². The predicted octanol–water partition coefficient (Wildman–Crippen LogP) is 4.53. The van der Waals surface area contributed by atoms with Crippen molar-refractivity contribution in [2.24, 2.45) is 0 Å². The molecule has 3 aromatic heterocycles. The lowest BCUT2D eigenvalue weighted by Crippen LogP contribution is -2.15. The second kappa shape index (κ2) is 7.35. The van der Waals surface area contributed by atoms with Gasteiger partial charge in [0, 0.05) is 29.8 Å². The van der Waals surface area contributed by atoms with Crippen molar-refractivity contribution in [2.45, 2.75) is 13.0 Å². The lowest BCUT2D eigenvalue weighted by atomic mass is 9.93. The van der Waals surface area contributed by atoms with Crippen molar-refractivity contribution in [1.82, 2.24) is 9.55 Å². The number of fused-ring (bicyclic) bond motifs is 3. The summed E-state index contributed by atoms with van der Waals surface area (Å²) in [6, 6.07) is 3.89. The molecule has 0 bridgehead atoms. The van der Waals surface area contributed by atoms with Gasteiger partial charge in [-0.1, -0.05) is 29.8 Å². The number of H-pyrrole nitrogens is 1. The smallest absolute Gasteiger partial charge is 0.353 e. The number of furan rings is 1. The molecule has 0 saturated heterocycles. The highest BCUT2D eigenvalue weighted by molar-refractivity contribution is 6.31. The number of aromatic carboxylic acids is 1. The summed E-state index contributed by atoms with van der Waals surface area (Å²) in [4.78, 5) is 39.5. The number of aromatic nitrogens is 2. The highest BCUT2D eigenvalue weighted by Crippen LogP contribution is 2.40. The Morgan fingerprint density at radius 1 is 1.31 bits per heavy atom. The molecule has 1 aromatic carbocycles. The van der Waals surface area contributed by atoms with Gasteiger partial charge in [-0.15, -0.1) is 0 Å². The number of benzene rings is 1. The summed E-state index contributed by atoms with van der Waals surface area (Å²) < 4.78 is 21.8. The Kier molecular flexibility index (Phi) is 4.60. The number of hydrogen-bond acceptors (Lipinski definition) is 4. The molecule has 0 fully saturated rings. The van der Waals surface area contributed by atoms with Gasteiger partial charge in [0.2, 0.25) is 5.56 Å². The van der Waals surface area contributed by atoms with E-state index in [2.05, 4.69) is 4.98 Å². The number of aromatic amines is 1. The molecule has 5 rings (SSSR count). The van der Waals surface area contributed by atoms with E-state index in [0.29, 0.717) is 10.9 Å². The number of Topliss-reactive ketones (excluding diaryl/α,β-unsaturated/α-hetero) is 1. The Bertz CT molecular complexity index is 1570. The third kappa shape index (κ3) is 2.99. The van der Waals surface area contributed by atoms with Gasteiger partial charge in [0.05, 0.1) is 34.1 Å². The van der Waals surface area contributed by atoms with Crippen LogP contribution in [0.4, 0.5) is 4.39 Å². The first-order chi connectivity index (χ1) is 15.4. The quantitative estimate of drug-likeness (QED) is 0.473. The summed E-state index contributed by atoms with van der Waals surface area (Å²) in [5, 5.41) is 10.8. The lowest BCUT2D eigenvalue weighted by molar-refractivity contribution is -0.113. The zero-order valence-corrected chi connectivity index (χ0v) is 17.1. The molecule has 0 atom stereocenters. The number of hydrogen-bond donors (Lipinski definition) is 2. The van der Waals surface area contributed by atoms with Crippen LogP contribution >= 0.6 is 11.6 Å². The van der Waals surface area contributed by atoms with Crippen LogP contribution in [0.1, 0.15) is 28.0 Å². The predicted molar refractivity (Wildman–Crippen MR) is 117 cm³/mol. The number of rotatable bonds is 4. The zero-order chi connectivity index (χ0) is 22.6. The molecule has 7 nitrogen and oxygen atoms in total. The maximum Gasteiger partial charge on any atom is 0.353 e. The highest BCUT2D eigenvalue weighted by atomic mass is 35.5. The summed E-state index contributed by atoms with van der Waals surface area (Å²) in [5.41, 5.74) is 0.360. The summed E-state index contributed by atoms with van der Waals surface area (Å²) >= 11 is 6.22. The van der Waals surface area contributed by atoms with Crippen molar-refractivity contribution in [1.29, 1.82) is 0 Å². The fourth-order valence-electron chi connectivity index (χ4n) is 4.11. The molecule has 0 unspecified atom stereocenters. The largest absolute Gasteiger partial charge is 0.477 e. The van der Waals surface area contributed by atoms with Gasteiger partial charge in [-0.05, 0) is 17.7 Å². The Balaban J connectivity index is 1.94. The highest BCUT2D eigenvalue weighted by Gasteiger charge is 2.31. The third-order valence-electron chi connectivity index (χ3n) is 5.47. The number of carboxylic acid groups (broad SMARTS) is 1. The van der Waals surface area contributed by atoms with Crippen molar-refractivity contribution < 1.29 is 23.5 Å². The van der Waals surface area contributed by atoms with Gasteiger partial charge in [0.25, 0.3) is 0 Å². The maximum absolute atomic E-state index is 14.9. The van der Waals surface area contributed by atoms with Crippen molar-refractivity contribution in [3.8, 4) is 0 Å². The number of carbonyl (C=O) groups is 2. The second-order valence-corrected chi connectivity index (χ2v) is 7.74. The van der Waals surface area contributed by atoms with Gasteiger partial charge < -0.3 is 19.1 Å². The van der Waals surface area contributed by atoms with E-state index >= 15 is 0 Å². The van der Waals surface area contributed by atoms with Crippen molar-refractivity contribution >= 4 is 50.8 Å². The standard InChI is InChI=1S/C23H14ClFN2O5/c24-14-9-26-18(29)7-11(14)10-27-16-8-15(25)12-5-6-32-22(12)20(16)19(21(27)23(30)31)13-3-1-2-4-17(13)28/h1-3,5-9H,4,10H2,(H,26,29)(H,30,31). The minimum atomic E-state index is -1.32. The molecule has 2 N–H and O–H groups in total. The topological polar surface area (TPSA) is 105 Å². The van der Waals surface area contributed by atoms with E-state index in [9.17, 15) is 23.9 Å². The molecular formula is C23H14ClFN2O5. The van der Waals surface area contributed by atoms with Crippen LogP contribution in [0.5, 0.6) is 0 Å². The molecule has 0 aliphatic heterocycles. The number of carbonyl (C=O) groups excluding carboxylic acids is 1. The van der Waals surface area contributed by atoms with Gasteiger partial charge in [-0.3, -0.25) is 9.59 Å². The van der Waals surface area contributed by atoms with Gasteiger partial charge in [0.15, 0.2) is 5.78 Å². The third-order valence-corrected chi connectivity index (χ3v) is 5.82.